The number of hydrogen-bond donors (Lipinski definition) is 2. The highest BCUT2D eigenvalue weighted by atomic mass is 16.2. The highest BCUT2D eigenvalue weighted by Gasteiger charge is 2.37. The fourth-order valence-corrected chi connectivity index (χ4v) is 3.98. The lowest BCUT2D eigenvalue weighted by Crippen LogP contribution is -2.39. The number of hydrogen-bond acceptors (Lipinski definition) is 3. The van der Waals surface area contributed by atoms with Crippen LogP contribution in [-0.4, -0.2) is 33.6 Å². The van der Waals surface area contributed by atoms with Crippen molar-refractivity contribution in [2.75, 3.05) is 12.3 Å². The minimum absolute atomic E-state index is 0.0186. The first-order valence-electron chi connectivity index (χ1n) is 8.24. The summed E-state index contributed by atoms with van der Waals surface area (Å²) in [5.74, 6) is 0.953. The molecule has 5 nitrogen and oxygen atoms in total. The molecule has 0 spiro atoms. The van der Waals surface area contributed by atoms with Crippen molar-refractivity contribution in [1.82, 2.24) is 15.1 Å². The minimum atomic E-state index is 0.0186. The molecule has 1 aliphatic carbocycles. The number of nitrogens with one attached hydrogen (secondary N) is 1. The Kier molecular flexibility index (Phi) is 3.91. The molecule has 2 fully saturated rings. The van der Waals surface area contributed by atoms with Crippen LogP contribution >= 0.6 is 0 Å². The van der Waals surface area contributed by atoms with E-state index in [-0.39, 0.29) is 11.8 Å². The summed E-state index contributed by atoms with van der Waals surface area (Å²) in [6.07, 6.45) is 7.39. The average molecular weight is 290 g/mol. The van der Waals surface area contributed by atoms with Crippen molar-refractivity contribution in [3.8, 4) is 0 Å². The second-order valence-corrected chi connectivity index (χ2v) is 6.81. The molecular weight excluding hydrogens is 264 g/mol. The van der Waals surface area contributed by atoms with Gasteiger partial charge in [-0.3, -0.25) is 9.89 Å². The van der Waals surface area contributed by atoms with Gasteiger partial charge in [-0.05, 0) is 37.5 Å². The van der Waals surface area contributed by atoms with Gasteiger partial charge in [-0.15, -0.1) is 0 Å². The molecule has 0 radical (unpaired) electrons. The summed E-state index contributed by atoms with van der Waals surface area (Å²) >= 11 is 0. The number of H-pyrrole nitrogens is 1. The third-order valence-corrected chi connectivity index (χ3v) is 5.12. The zero-order valence-electron chi connectivity index (χ0n) is 13.1. The van der Waals surface area contributed by atoms with E-state index in [9.17, 15) is 4.79 Å². The Hall–Kier alpha value is -1.52. The van der Waals surface area contributed by atoms with Gasteiger partial charge in [0.2, 0.25) is 0 Å². The number of nitrogens with two attached hydrogens (primary N) is 1. The molecule has 3 rings (SSSR count). The van der Waals surface area contributed by atoms with Gasteiger partial charge in [0.15, 0.2) is 5.69 Å². The Labute approximate surface area is 126 Å². The lowest BCUT2D eigenvalue weighted by atomic mass is 9.96. The average Bonchev–Trinajstić information content (AvgIpc) is 3.17. The summed E-state index contributed by atoms with van der Waals surface area (Å²) in [7, 11) is 0. The highest BCUT2D eigenvalue weighted by Crippen LogP contribution is 2.36. The van der Waals surface area contributed by atoms with Crippen molar-refractivity contribution in [1.29, 1.82) is 0 Å². The molecular formula is C16H26N4O. The van der Waals surface area contributed by atoms with Crippen LogP contribution in [-0.2, 0) is 0 Å². The first kappa shape index (κ1) is 14.4. The highest BCUT2D eigenvalue weighted by molar-refractivity contribution is 5.98. The zero-order valence-corrected chi connectivity index (χ0v) is 13.1. The smallest absolute Gasteiger partial charge is 0.276 e. The summed E-state index contributed by atoms with van der Waals surface area (Å²) in [6, 6.07) is 0.401. The van der Waals surface area contributed by atoms with E-state index in [1.54, 1.807) is 0 Å². The van der Waals surface area contributed by atoms with E-state index >= 15 is 0 Å². The zero-order chi connectivity index (χ0) is 15.0. The molecule has 1 atom stereocenters. The maximum Gasteiger partial charge on any atom is 0.276 e. The number of aromatic amines is 1. The molecule has 3 N–H and O–H groups in total. The predicted octanol–water partition coefficient (Wildman–Crippen LogP) is 2.91. The van der Waals surface area contributed by atoms with Crippen LogP contribution < -0.4 is 5.73 Å². The Morgan fingerprint density at radius 3 is 2.62 bits per heavy atom. The Balaban J connectivity index is 1.80. The predicted molar refractivity (Wildman–Crippen MR) is 83.1 cm³/mol. The van der Waals surface area contributed by atoms with E-state index < -0.39 is 0 Å². The quantitative estimate of drug-likeness (QED) is 0.898. The molecule has 21 heavy (non-hydrogen) atoms. The summed E-state index contributed by atoms with van der Waals surface area (Å²) < 4.78 is 0. The van der Waals surface area contributed by atoms with Gasteiger partial charge in [0.05, 0.1) is 11.4 Å². The summed E-state index contributed by atoms with van der Waals surface area (Å²) in [5.41, 5.74) is 7.96. The van der Waals surface area contributed by atoms with E-state index in [4.69, 9.17) is 5.73 Å². The number of likely N-dealkylation sites (tertiary alicyclic amines) is 1. The van der Waals surface area contributed by atoms with E-state index in [0.717, 1.165) is 25.1 Å². The van der Waals surface area contributed by atoms with Gasteiger partial charge in [0.1, 0.15) is 0 Å². The van der Waals surface area contributed by atoms with Crippen molar-refractivity contribution in [2.45, 2.75) is 64.3 Å². The standard InChI is InChI=1S/C16H26N4O/c1-10(2)14-13(17)15(19-18-14)16(21)20-9-5-8-12(20)11-6-3-4-7-11/h10-12H,3-9,17H2,1-2H3,(H,18,19). The molecule has 0 aromatic carbocycles. The maximum atomic E-state index is 12.8. The summed E-state index contributed by atoms with van der Waals surface area (Å²) in [4.78, 5) is 14.9. The van der Waals surface area contributed by atoms with Gasteiger partial charge in [0.25, 0.3) is 5.91 Å². The van der Waals surface area contributed by atoms with Crippen molar-refractivity contribution in [3.05, 3.63) is 11.4 Å². The molecule has 2 heterocycles. The van der Waals surface area contributed by atoms with Crippen LogP contribution in [0.1, 0.15) is 74.5 Å². The van der Waals surface area contributed by atoms with Gasteiger partial charge in [-0.2, -0.15) is 5.10 Å². The van der Waals surface area contributed by atoms with E-state index in [1.165, 1.54) is 25.7 Å². The van der Waals surface area contributed by atoms with Crippen molar-refractivity contribution in [2.24, 2.45) is 5.92 Å². The SMILES string of the molecule is CC(C)c1[nH]nc(C(=O)N2CCCC2C2CCCC2)c1N. The maximum absolute atomic E-state index is 12.8. The van der Waals surface area contributed by atoms with Gasteiger partial charge >= 0.3 is 0 Å². The first-order chi connectivity index (χ1) is 10.1. The van der Waals surface area contributed by atoms with E-state index in [1.807, 2.05) is 4.90 Å². The molecule has 1 saturated carbocycles. The largest absolute Gasteiger partial charge is 0.395 e. The number of aromatic nitrogens is 2. The number of nitrogens with zero attached hydrogens (tertiary/aromatic N) is 2. The van der Waals surface area contributed by atoms with Crippen LogP contribution in [0.25, 0.3) is 0 Å². The molecule has 1 aromatic heterocycles. The van der Waals surface area contributed by atoms with Gasteiger partial charge in [-0.25, -0.2) is 0 Å². The number of carbonyl (C=O) groups excluding carboxylic acids is 1. The van der Waals surface area contributed by atoms with E-state index in [2.05, 4.69) is 24.0 Å². The van der Waals surface area contributed by atoms with Crippen LogP contribution in [0.5, 0.6) is 0 Å². The molecule has 2 aliphatic rings. The number of rotatable bonds is 3. The molecule has 1 aliphatic heterocycles. The van der Waals surface area contributed by atoms with Gasteiger partial charge in [0, 0.05) is 12.6 Å². The summed E-state index contributed by atoms with van der Waals surface area (Å²) in [5, 5.41) is 7.14. The lowest BCUT2D eigenvalue weighted by molar-refractivity contribution is 0.0684. The number of carbonyl (C=O) groups is 1. The van der Waals surface area contributed by atoms with Crippen LogP contribution in [0.4, 0.5) is 5.69 Å². The van der Waals surface area contributed by atoms with Crippen LogP contribution in [0, 0.1) is 5.92 Å². The monoisotopic (exact) mass is 290 g/mol. The Morgan fingerprint density at radius 1 is 1.29 bits per heavy atom. The third kappa shape index (κ3) is 2.54. The normalized spacial score (nSPS) is 23.4. The molecule has 116 valence electrons. The van der Waals surface area contributed by atoms with Gasteiger partial charge < -0.3 is 10.6 Å². The minimum Gasteiger partial charge on any atom is -0.395 e. The second kappa shape index (κ2) is 5.70. The molecule has 0 bridgehead atoms. The fourth-order valence-electron chi connectivity index (χ4n) is 3.98. The summed E-state index contributed by atoms with van der Waals surface area (Å²) in [6.45, 7) is 4.95. The van der Waals surface area contributed by atoms with Crippen LogP contribution in [0.2, 0.25) is 0 Å². The lowest BCUT2D eigenvalue weighted by Gasteiger charge is -2.29. The second-order valence-electron chi connectivity index (χ2n) is 6.81. The van der Waals surface area contributed by atoms with Crippen LogP contribution in [0.3, 0.4) is 0 Å². The molecule has 1 unspecified atom stereocenters. The number of amides is 1. The Morgan fingerprint density at radius 2 is 2.00 bits per heavy atom. The van der Waals surface area contributed by atoms with Crippen molar-refractivity contribution in [3.63, 3.8) is 0 Å². The Bertz CT molecular complexity index is 516. The topological polar surface area (TPSA) is 75.0 Å². The molecule has 1 aromatic rings. The van der Waals surface area contributed by atoms with Gasteiger partial charge in [-0.1, -0.05) is 26.7 Å². The molecule has 1 amide bonds. The third-order valence-electron chi connectivity index (χ3n) is 5.12. The first-order valence-corrected chi connectivity index (χ1v) is 8.24. The van der Waals surface area contributed by atoms with Crippen LogP contribution in [0.15, 0.2) is 0 Å². The van der Waals surface area contributed by atoms with Crippen molar-refractivity contribution < 1.29 is 4.79 Å². The van der Waals surface area contributed by atoms with Crippen molar-refractivity contribution >= 4 is 11.6 Å². The molecule has 1 saturated heterocycles. The molecule has 5 heteroatoms. The van der Waals surface area contributed by atoms with E-state index in [0.29, 0.717) is 23.3 Å². The fraction of sp³-hybridized carbons (Fsp3) is 0.750. The number of nitrogen functional groups attached to an aromatic ring is 1. The number of anilines is 1.